The molecular weight excluding hydrogens is 434 g/mol. The van der Waals surface area contributed by atoms with Crippen molar-refractivity contribution in [2.75, 3.05) is 31.3 Å². The largest absolute Gasteiger partial charge is 0.352 e. The van der Waals surface area contributed by atoms with Crippen LogP contribution in [-0.2, 0) is 25.5 Å². The molecule has 2 aromatic carbocycles. The van der Waals surface area contributed by atoms with Crippen molar-refractivity contribution in [3.63, 3.8) is 0 Å². The maximum absolute atomic E-state index is 13.3. The smallest absolute Gasteiger partial charge is 0.243 e. The summed E-state index contributed by atoms with van der Waals surface area (Å²) >= 11 is 0. The third kappa shape index (κ3) is 2.79. The molecule has 3 aliphatic rings. The van der Waals surface area contributed by atoms with Crippen LogP contribution >= 0.6 is 0 Å². The lowest BCUT2D eigenvalue weighted by molar-refractivity contribution is 0.254. The topological polar surface area (TPSA) is 78.0 Å². The first-order chi connectivity index (χ1) is 14.6. The van der Waals surface area contributed by atoms with Crippen LogP contribution in [0.15, 0.2) is 65.2 Å². The van der Waals surface area contributed by atoms with Crippen LogP contribution in [0.3, 0.4) is 0 Å². The van der Waals surface area contributed by atoms with Crippen molar-refractivity contribution in [1.29, 1.82) is 0 Å². The highest BCUT2D eigenvalue weighted by Crippen LogP contribution is 2.57. The first-order valence-corrected chi connectivity index (χ1v) is 13.4. The normalized spacial score (nSPS) is 25.8. The number of aryl methyl sites for hydroxylation is 1. The monoisotopic (exact) mass is 459 g/mol. The van der Waals surface area contributed by atoms with Gasteiger partial charge in [-0.2, -0.15) is 4.31 Å². The third-order valence-corrected chi connectivity index (χ3v) is 9.74. The molecule has 3 aliphatic heterocycles. The Kier molecular flexibility index (Phi) is 4.35. The molecule has 0 saturated carbocycles. The summed E-state index contributed by atoms with van der Waals surface area (Å²) in [6.45, 7) is 2.41. The minimum absolute atomic E-state index is 0.168. The van der Waals surface area contributed by atoms with Gasteiger partial charge in [-0.15, -0.1) is 0 Å². The number of benzene rings is 2. The van der Waals surface area contributed by atoms with Crippen LogP contribution < -0.4 is 4.90 Å². The molecule has 2 atom stereocenters. The van der Waals surface area contributed by atoms with Crippen molar-refractivity contribution in [2.24, 2.45) is 0 Å². The SMILES string of the molecule is Cc1ccc(S(=O)(=O)N2CC[C@@]34C(=CN(S(C)(=O)=O)[C@@H]3N(C)c3ccccc34)C2)cc1. The molecule has 3 heterocycles. The molecule has 0 aliphatic carbocycles. The van der Waals surface area contributed by atoms with Gasteiger partial charge in [-0.25, -0.2) is 16.8 Å². The Morgan fingerprint density at radius 1 is 1.00 bits per heavy atom. The second-order valence-electron chi connectivity index (χ2n) is 8.62. The van der Waals surface area contributed by atoms with E-state index in [0.717, 1.165) is 22.4 Å². The number of hydrogen-bond acceptors (Lipinski definition) is 5. The van der Waals surface area contributed by atoms with Crippen molar-refractivity contribution >= 4 is 25.7 Å². The van der Waals surface area contributed by atoms with E-state index in [4.69, 9.17) is 0 Å². The van der Waals surface area contributed by atoms with Gasteiger partial charge in [-0.3, -0.25) is 4.31 Å². The first-order valence-electron chi connectivity index (χ1n) is 10.2. The molecule has 0 N–H and O–H groups in total. The molecule has 7 nitrogen and oxygen atoms in total. The molecule has 0 aromatic heterocycles. The lowest BCUT2D eigenvalue weighted by atomic mass is 9.71. The summed E-state index contributed by atoms with van der Waals surface area (Å²) < 4.78 is 54.9. The number of nitrogens with zero attached hydrogens (tertiary/aromatic N) is 3. The first kappa shape index (κ1) is 20.5. The van der Waals surface area contributed by atoms with Crippen LogP contribution in [0.4, 0.5) is 5.69 Å². The molecule has 0 bridgehead atoms. The molecule has 31 heavy (non-hydrogen) atoms. The molecule has 9 heteroatoms. The van der Waals surface area contributed by atoms with Crippen LogP contribution in [0.2, 0.25) is 0 Å². The Balaban J connectivity index is 1.60. The Morgan fingerprint density at radius 2 is 1.68 bits per heavy atom. The number of anilines is 1. The molecule has 1 spiro atoms. The molecule has 0 unspecified atom stereocenters. The highest BCUT2D eigenvalue weighted by atomic mass is 32.2. The van der Waals surface area contributed by atoms with Gasteiger partial charge in [0.05, 0.1) is 16.6 Å². The van der Waals surface area contributed by atoms with Gasteiger partial charge < -0.3 is 4.90 Å². The van der Waals surface area contributed by atoms with Crippen molar-refractivity contribution < 1.29 is 16.8 Å². The Bertz CT molecular complexity index is 1300. The summed E-state index contributed by atoms with van der Waals surface area (Å²) in [5.74, 6) is 0. The quantitative estimate of drug-likeness (QED) is 0.704. The number of likely N-dealkylation sites (N-methyl/N-ethyl adjacent to an activating group) is 1. The minimum atomic E-state index is -3.68. The van der Waals surface area contributed by atoms with Crippen LogP contribution in [0.5, 0.6) is 0 Å². The molecule has 1 saturated heterocycles. The van der Waals surface area contributed by atoms with Crippen LogP contribution in [0.1, 0.15) is 17.5 Å². The molecule has 0 amide bonds. The summed E-state index contributed by atoms with van der Waals surface area (Å²) in [6, 6.07) is 14.8. The van der Waals surface area contributed by atoms with Gasteiger partial charge in [0.2, 0.25) is 20.0 Å². The molecule has 2 aromatic rings. The highest BCUT2D eigenvalue weighted by Gasteiger charge is 2.61. The van der Waals surface area contributed by atoms with E-state index in [2.05, 4.69) is 0 Å². The predicted molar refractivity (Wildman–Crippen MR) is 120 cm³/mol. The maximum atomic E-state index is 13.3. The van der Waals surface area contributed by atoms with Gasteiger partial charge in [0.25, 0.3) is 0 Å². The molecule has 1 fully saturated rings. The van der Waals surface area contributed by atoms with Gasteiger partial charge in [-0.05, 0) is 42.7 Å². The fraction of sp³-hybridized carbons (Fsp3) is 0.364. The van der Waals surface area contributed by atoms with Gasteiger partial charge in [0.1, 0.15) is 6.17 Å². The standard InChI is InChI=1S/C22H25N3O4S2/c1-16-8-10-18(11-9-16)31(28,29)24-13-12-22-17(14-24)15-25(30(3,26)27)21(22)23(2)20-7-5-4-6-19(20)22/h4-11,15,21H,12-14H2,1-3H3/t21-,22-/m0/s1. The van der Waals surface area contributed by atoms with E-state index in [-0.39, 0.29) is 11.4 Å². The zero-order valence-corrected chi connectivity index (χ0v) is 19.3. The minimum Gasteiger partial charge on any atom is -0.352 e. The maximum Gasteiger partial charge on any atom is 0.243 e. The summed E-state index contributed by atoms with van der Waals surface area (Å²) in [6.07, 6.45) is 2.96. The number of rotatable bonds is 3. The van der Waals surface area contributed by atoms with E-state index < -0.39 is 31.6 Å². The highest BCUT2D eigenvalue weighted by molar-refractivity contribution is 7.89. The van der Waals surface area contributed by atoms with E-state index in [1.54, 1.807) is 30.5 Å². The Labute approximate surface area is 183 Å². The van der Waals surface area contributed by atoms with Crippen molar-refractivity contribution in [1.82, 2.24) is 8.61 Å². The Hall–Kier alpha value is -2.36. The summed E-state index contributed by atoms with van der Waals surface area (Å²) in [4.78, 5) is 2.26. The Morgan fingerprint density at radius 3 is 2.35 bits per heavy atom. The summed E-state index contributed by atoms with van der Waals surface area (Å²) in [5.41, 5.74) is 3.32. The van der Waals surface area contributed by atoms with Gasteiger partial charge >= 0.3 is 0 Å². The fourth-order valence-electron chi connectivity index (χ4n) is 5.34. The van der Waals surface area contributed by atoms with Gasteiger partial charge in [0.15, 0.2) is 0 Å². The van der Waals surface area contributed by atoms with Crippen molar-refractivity contribution in [3.05, 3.63) is 71.4 Å². The van der Waals surface area contributed by atoms with E-state index in [1.165, 1.54) is 14.9 Å². The molecule has 164 valence electrons. The number of hydrogen-bond donors (Lipinski definition) is 0. The second kappa shape index (κ2) is 6.57. The number of sulfonamides is 2. The molecule has 0 radical (unpaired) electrons. The molecule has 5 rings (SSSR count). The fourth-order valence-corrected chi connectivity index (χ4v) is 7.77. The summed E-state index contributed by atoms with van der Waals surface area (Å²) in [7, 11) is -5.31. The average Bonchev–Trinajstić information content (AvgIpc) is 3.19. The van der Waals surface area contributed by atoms with E-state index in [9.17, 15) is 16.8 Å². The zero-order chi connectivity index (χ0) is 22.2. The lowest BCUT2D eigenvalue weighted by Gasteiger charge is -2.42. The lowest BCUT2D eigenvalue weighted by Crippen LogP contribution is -2.55. The number of piperidine rings is 1. The van der Waals surface area contributed by atoms with E-state index in [1.807, 2.05) is 43.1 Å². The predicted octanol–water partition coefficient (Wildman–Crippen LogP) is 2.26. The second-order valence-corrected chi connectivity index (χ2v) is 12.4. The van der Waals surface area contributed by atoms with Gasteiger partial charge in [-0.1, -0.05) is 35.9 Å². The van der Waals surface area contributed by atoms with Crippen molar-refractivity contribution in [3.8, 4) is 0 Å². The van der Waals surface area contributed by atoms with Crippen LogP contribution in [0.25, 0.3) is 0 Å². The average molecular weight is 460 g/mol. The van der Waals surface area contributed by atoms with Gasteiger partial charge in [0, 0.05) is 32.0 Å². The number of para-hydroxylation sites is 1. The van der Waals surface area contributed by atoms with E-state index in [0.29, 0.717) is 13.0 Å². The zero-order valence-electron chi connectivity index (χ0n) is 17.7. The van der Waals surface area contributed by atoms with Crippen LogP contribution in [-0.4, -0.2) is 58.0 Å². The molecular formula is C22H25N3O4S2. The van der Waals surface area contributed by atoms with E-state index >= 15 is 0 Å². The summed E-state index contributed by atoms with van der Waals surface area (Å²) in [5, 5.41) is 0. The van der Waals surface area contributed by atoms with Crippen LogP contribution in [0, 0.1) is 6.92 Å². The van der Waals surface area contributed by atoms with Crippen molar-refractivity contribution in [2.45, 2.75) is 29.8 Å². The third-order valence-electron chi connectivity index (χ3n) is 6.81. The number of fused-ring (bicyclic) bond motifs is 1.